The van der Waals surface area contributed by atoms with Crippen LogP contribution in [0.1, 0.15) is 12.8 Å². The molecule has 0 spiro atoms. The maximum atomic E-state index is 11.8. The molecule has 2 unspecified atom stereocenters. The van der Waals surface area contributed by atoms with Crippen molar-refractivity contribution in [3.63, 3.8) is 0 Å². The van der Waals surface area contributed by atoms with Crippen LogP contribution >= 0.6 is 0 Å². The number of carbonyl (C=O) groups excluding carboxylic acids is 1. The maximum Gasteiger partial charge on any atom is 0.317 e. The Morgan fingerprint density at radius 3 is 3.00 bits per heavy atom. The fraction of sp³-hybridized carbons (Fsp3) is 0.900. The van der Waals surface area contributed by atoms with Crippen molar-refractivity contribution < 1.29 is 9.53 Å². The van der Waals surface area contributed by atoms with Crippen LogP contribution in [0.15, 0.2) is 0 Å². The Hall–Kier alpha value is -0.810. The van der Waals surface area contributed by atoms with Gasteiger partial charge in [-0.25, -0.2) is 4.79 Å². The molecule has 0 aromatic carbocycles. The molecule has 5 nitrogen and oxygen atoms in total. The van der Waals surface area contributed by atoms with Crippen molar-refractivity contribution in [2.24, 2.45) is 0 Å². The smallest absolute Gasteiger partial charge is 0.317 e. The molecule has 15 heavy (non-hydrogen) atoms. The third-order valence-corrected chi connectivity index (χ3v) is 3.16. The third kappa shape index (κ3) is 2.60. The Labute approximate surface area is 90.1 Å². The summed E-state index contributed by atoms with van der Waals surface area (Å²) in [5, 5.41) is 6.25. The van der Waals surface area contributed by atoms with Gasteiger partial charge in [-0.2, -0.15) is 0 Å². The van der Waals surface area contributed by atoms with E-state index in [0.29, 0.717) is 12.6 Å². The lowest BCUT2D eigenvalue weighted by atomic mass is 10.2. The van der Waals surface area contributed by atoms with Gasteiger partial charge in [0, 0.05) is 26.2 Å². The van der Waals surface area contributed by atoms with Crippen molar-refractivity contribution >= 4 is 6.03 Å². The fourth-order valence-electron chi connectivity index (χ4n) is 2.06. The Bertz CT molecular complexity index is 223. The molecule has 2 heterocycles. The monoisotopic (exact) mass is 213 g/mol. The van der Waals surface area contributed by atoms with Gasteiger partial charge in [0.05, 0.1) is 12.6 Å². The predicted molar refractivity (Wildman–Crippen MR) is 56.8 cm³/mol. The number of amides is 2. The second-order valence-corrected chi connectivity index (χ2v) is 4.27. The van der Waals surface area contributed by atoms with Crippen LogP contribution in [0.5, 0.6) is 0 Å². The zero-order chi connectivity index (χ0) is 10.7. The highest BCUT2D eigenvalue weighted by Gasteiger charge is 2.25. The lowest BCUT2D eigenvalue weighted by Gasteiger charge is -2.25. The molecular formula is C10H19N3O2. The van der Waals surface area contributed by atoms with Gasteiger partial charge in [0.25, 0.3) is 0 Å². The molecule has 2 saturated heterocycles. The molecule has 2 atom stereocenters. The Morgan fingerprint density at radius 2 is 2.40 bits per heavy atom. The first kappa shape index (κ1) is 10.7. The van der Waals surface area contributed by atoms with Crippen LogP contribution < -0.4 is 10.6 Å². The molecule has 0 saturated carbocycles. The van der Waals surface area contributed by atoms with Gasteiger partial charge < -0.3 is 20.3 Å². The Balaban J connectivity index is 1.78. The summed E-state index contributed by atoms with van der Waals surface area (Å²) in [5.41, 5.74) is 0. The van der Waals surface area contributed by atoms with Crippen LogP contribution in [0.3, 0.4) is 0 Å². The van der Waals surface area contributed by atoms with Gasteiger partial charge >= 0.3 is 6.03 Å². The number of nitrogens with zero attached hydrogens (tertiary/aromatic N) is 1. The van der Waals surface area contributed by atoms with E-state index >= 15 is 0 Å². The van der Waals surface area contributed by atoms with E-state index in [1.54, 1.807) is 4.90 Å². The molecule has 5 heteroatoms. The molecule has 0 aliphatic carbocycles. The maximum absolute atomic E-state index is 11.8. The first-order valence-electron chi connectivity index (χ1n) is 5.59. The van der Waals surface area contributed by atoms with Gasteiger partial charge in [-0.15, -0.1) is 0 Å². The second-order valence-electron chi connectivity index (χ2n) is 4.27. The summed E-state index contributed by atoms with van der Waals surface area (Å²) in [6, 6.07) is 0.570. The molecule has 2 aliphatic rings. The minimum absolute atomic E-state index is 0.0270. The molecular weight excluding hydrogens is 194 g/mol. The number of nitrogens with one attached hydrogen (secondary N) is 2. The molecule has 0 bridgehead atoms. The minimum Gasteiger partial charge on any atom is -0.379 e. The molecule has 2 aliphatic heterocycles. The number of rotatable bonds is 2. The molecule has 86 valence electrons. The van der Waals surface area contributed by atoms with Crippen molar-refractivity contribution in [1.82, 2.24) is 15.5 Å². The van der Waals surface area contributed by atoms with Crippen LogP contribution in [0.2, 0.25) is 0 Å². The fourth-order valence-corrected chi connectivity index (χ4v) is 2.06. The van der Waals surface area contributed by atoms with E-state index in [-0.39, 0.29) is 12.1 Å². The van der Waals surface area contributed by atoms with Crippen molar-refractivity contribution in [1.29, 1.82) is 0 Å². The van der Waals surface area contributed by atoms with Crippen molar-refractivity contribution in [3.8, 4) is 0 Å². The molecule has 2 fully saturated rings. The zero-order valence-corrected chi connectivity index (χ0v) is 9.16. The van der Waals surface area contributed by atoms with E-state index in [1.165, 1.54) is 0 Å². The summed E-state index contributed by atoms with van der Waals surface area (Å²) in [6.45, 7) is 3.34. The van der Waals surface area contributed by atoms with E-state index in [1.807, 2.05) is 7.05 Å². The number of ether oxygens (including phenoxy) is 1. The lowest BCUT2D eigenvalue weighted by molar-refractivity contribution is 0.176. The molecule has 0 radical (unpaired) electrons. The quantitative estimate of drug-likeness (QED) is 0.666. The summed E-state index contributed by atoms with van der Waals surface area (Å²) in [6.07, 6.45) is 1.98. The van der Waals surface area contributed by atoms with Gasteiger partial charge in [-0.05, 0) is 19.4 Å². The van der Waals surface area contributed by atoms with E-state index in [0.717, 1.165) is 32.5 Å². The van der Waals surface area contributed by atoms with E-state index in [4.69, 9.17) is 4.74 Å². The van der Waals surface area contributed by atoms with Crippen molar-refractivity contribution in [2.75, 3.05) is 33.4 Å². The molecule has 2 N–H and O–H groups in total. The van der Waals surface area contributed by atoms with Gasteiger partial charge in [0.1, 0.15) is 0 Å². The number of carbonyl (C=O) groups is 1. The van der Waals surface area contributed by atoms with Gasteiger partial charge in [-0.1, -0.05) is 0 Å². The average Bonchev–Trinajstić information content (AvgIpc) is 2.88. The second kappa shape index (κ2) is 4.81. The van der Waals surface area contributed by atoms with E-state index in [9.17, 15) is 4.79 Å². The number of hydrogen-bond donors (Lipinski definition) is 2. The summed E-state index contributed by atoms with van der Waals surface area (Å²) in [7, 11) is 1.86. The largest absolute Gasteiger partial charge is 0.379 e. The lowest BCUT2D eigenvalue weighted by Crippen LogP contribution is -2.48. The van der Waals surface area contributed by atoms with Crippen LogP contribution in [-0.2, 0) is 4.74 Å². The normalized spacial score (nSPS) is 30.5. The Kier molecular flexibility index (Phi) is 3.43. The Morgan fingerprint density at radius 1 is 1.53 bits per heavy atom. The zero-order valence-electron chi connectivity index (χ0n) is 9.16. The average molecular weight is 213 g/mol. The highest BCUT2D eigenvalue weighted by atomic mass is 16.5. The first-order valence-corrected chi connectivity index (χ1v) is 5.59. The minimum atomic E-state index is 0.0270. The van der Waals surface area contributed by atoms with Gasteiger partial charge in [0.2, 0.25) is 0 Å². The molecule has 2 amide bonds. The van der Waals surface area contributed by atoms with Crippen LogP contribution in [0.25, 0.3) is 0 Å². The summed E-state index contributed by atoms with van der Waals surface area (Å²) >= 11 is 0. The van der Waals surface area contributed by atoms with Crippen molar-refractivity contribution in [3.05, 3.63) is 0 Å². The van der Waals surface area contributed by atoms with E-state index in [2.05, 4.69) is 10.6 Å². The summed E-state index contributed by atoms with van der Waals surface area (Å²) < 4.78 is 5.22. The SMILES string of the molecule is CN(C(=O)NC1CCOC1)C1CCNC1. The van der Waals surface area contributed by atoms with Gasteiger partial charge in [-0.3, -0.25) is 0 Å². The standard InChI is InChI=1S/C10H19N3O2/c1-13(9-2-4-11-6-9)10(14)12-8-3-5-15-7-8/h8-9,11H,2-7H2,1H3,(H,12,14). The van der Waals surface area contributed by atoms with Crippen LogP contribution in [0.4, 0.5) is 4.79 Å². The number of hydrogen-bond acceptors (Lipinski definition) is 3. The first-order chi connectivity index (χ1) is 7.27. The highest BCUT2D eigenvalue weighted by Crippen LogP contribution is 2.08. The summed E-state index contributed by atoms with van der Waals surface area (Å²) in [4.78, 5) is 13.6. The van der Waals surface area contributed by atoms with Crippen molar-refractivity contribution in [2.45, 2.75) is 24.9 Å². The summed E-state index contributed by atoms with van der Waals surface area (Å²) in [5.74, 6) is 0. The van der Waals surface area contributed by atoms with E-state index < -0.39 is 0 Å². The van der Waals surface area contributed by atoms with Crippen LogP contribution in [0, 0.1) is 0 Å². The van der Waals surface area contributed by atoms with Crippen LogP contribution in [-0.4, -0.2) is 56.4 Å². The number of urea groups is 1. The molecule has 0 aromatic heterocycles. The number of likely N-dealkylation sites (N-methyl/N-ethyl adjacent to an activating group) is 1. The topological polar surface area (TPSA) is 53.6 Å². The predicted octanol–water partition coefficient (Wildman–Crippen LogP) is -0.221. The molecule has 0 aromatic rings. The van der Waals surface area contributed by atoms with Gasteiger partial charge in [0.15, 0.2) is 0 Å². The molecule has 2 rings (SSSR count). The highest BCUT2D eigenvalue weighted by molar-refractivity contribution is 5.74. The third-order valence-electron chi connectivity index (χ3n) is 3.16.